The predicted octanol–water partition coefficient (Wildman–Crippen LogP) is 3.32. The maximum atomic E-state index is 11.5. The van der Waals surface area contributed by atoms with Crippen LogP contribution in [-0.4, -0.2) is 11.6 Å². The summed E-state index contributed by atoms with van der Waals surface area (Å²) in [6.07, 6.45) is 2.03. The minimum Gasteiger partial charge on any atom is -0.456 e. The average molecular weight is 210 g/mol. The fourth-order valence-corrected chi connectivity index (χ4v) is 2.68. The average Bonchev–Trinajstić information content (AvgIpc) is 2.19. The number of ether oxygens (including phenoxy) is 1. The summed E-state index contributed by atoms with van der Waals surface area (Å²) >= 11 is 0. The molecule has 2 nitrogen and oxygen atoms in total. The molecule has 2 heteroatoms. The minimum atomic E-state index is -0.320. The largest absolute Gasteiger partial charge is 0.456 e. The van der Waals surface area contributed by atoms with E-state index in [1.165, 1.54) is 0 Å². The topological polar surface area (TPSA) is 26.3 Å². The Kier molecular flexibility index (Phi) is 2.99. The van der Waals surface area contributed by atoms with Crippen LogP contribution in [0.5, 0.6) is 0 Å². The lowest BCUT2D eigenvalue weighted by molar-refractivity contribution is -0.156. The molecule has 2 unspecified atom stereocenters. The molecule has 0 aromatic rings. The molecule has 0 amide bonds. The van der Waals surface area contributed by atoms with E-state index >= 15 is 0 Å². The van der Waals surface area contributed by atoms with Gasteiger partial charge in [0.1, 0.15) is 5.60 Å². The molecule has 1 saturated carbocycles. The summed E-state index contributed by atoms with van der Waals surface area (Å²) in [6, 6.07) is 0. The van der Waals surface area contributed by atoms with Crippen molar-refractivity contribution in [2.24, 2.45) is 11.3 Å². The Morgan fingerprint density at radius 2 is 1.93 bits per heavy atom. The van der Waals surface area contributed by atoms with Crippen molar-refractivity contribution < 1.29 is 9.53 Å². The predicted molar refractivity (Wildman–Crippen MR) is 61.5 cm³/mol. The van der Waals surface area contributed by atoms with Crippen LogP contribution in [0.3, 0.4) is 0 Å². The molecule has 0 radical (unpaired) electrons. The van der Waals surface area contributed by atoms with Crippen molar-refractivity contribution in [2.45, 2.75) is 53.1 Å². The summed E-state index contributed by atoms with van der Waals surface area (Å²) in [5.41, 5.74) is 0.427. The number of carbonyl (C=O) groups is 1. The number of hydrogen-bond donors (Lipinski definition) is 0. The first kappa shape index (κ1) is 12.3. The molecule has 15 heavy (non-hydrogen) atoms. The van der Waals surface area contributed by atoms with Gasteiger partial charge in [-0.3, -0.25) is 0 Å². The van der Waals surface area contributed by atoms with Crippen molar-refractivity contribution in [3.05, 3.63) is 12.2 Å². The molecule has 1 aliphatic carbocycles. The van der Waals surface area contributed by atoms with Crippen LogP contribution in [0.4, 0.5) is 0 Å². The van der Waals surface area contributed by atoms with E-state index in [1.54, 1.807) is 6.92 Å². The van der Waals surface area contributed by atoms with E-state index in [-0.39, 0.29) is 17.0 Å². The summed E-state index contributed by atoms with van der Waals surface area (Å²) in [5, 5.41) is 0. The van der Waals surface area contributed by atoms with E-state index < -0.39 is 0 Å². The first-order chi connectivity index (χ1) is 6.66. The molecule has 1 fully saturated rings. The van der Waals surface area contributed by atoms with Crippen molar-refractivity contribution in [2.75, 3.05) is 0 Å². The standard InChI is InChI=1S/C13H22O2/c1-9(2)11(14)15-13(6)8-12(4,5)7-10(13)3/h10H,1,7-8H2,2-6H3. The van der Waals surface area contributed by atoms with Crippen molar-refractivity contribution in [1.82, 2.24) is 0 Å². The summed E-state index contributed by atoms with van der Waals surface area (Å²) in [7, 11) is 0. The molecule has 0 aliphatic heterocycles. The molecular formula is C13H22O2. The van der Waals surface area contributed by atoms with Crippen LogP contribution >= 0.6 is 0 Å². The SMILES string of the molecule is C=C(C)C(=O)OC1(C)CC(C)(C)CC1C. The first-order valence-electron chi connectivity index (χ1n) is 5.55. The molecule has 1 rings (SSSR count). The van der Waals surface area contributed by atoms with Gasteiger partial charge in [0, 0.05) is 5.57 Å². The Morgan fingerprint density at radius 1 is 1.40 bits per heavy atom. The molecular weight excluding hydrogens is 188 g/mol. The number of esters is 1. The highest BCUT2D eigenvalue weighted by Gasteiger charge is 2.48. The van der Waals surface area contributed by atoms with E-state index in [1.807, 2.05) is 6.92 Å². The molecule has 0 saturated heterocycles. The van der Waals surface area contributed by atoms with Gasteiger partial charge in [0.2, 0.25) is 0 Å². The maximum Gasteiger partial charge on any atom is 0.333 e. The van der Waals surface area contributed by atoms with Crippen LogP contribution in [0.1, 0.15) is 47.5 Å². The van der Waals surface area contributed by atoms with E-state index in [4.69, 9.17) is 4.74 Å². The second-order valence-corrected chi connectivity index (χ2v) is 5.93. The molecule has 0 aromatic carbocycles. The zero-order valence-corrected chi connectivity index (χ0v) is 10.5. The smallest absolute Gasteiger partial charge is 0.333 e. The van der Waals surface area contributed by atoms with Gasteiger partial charge in [-0.25, -0.2) is 4.79 Å². The quantitative estimate of drug-likeness (QED) is 0.516. The van der Waals surface area contributed by atoms with E-state index in [2.05, 4.69) is 27.4 Å². The third-order valence-corrected chi connectivity index (χ3v) is 3.41. The normalized spacial score (nSPS) is 33.8. The Bertz CT molecular complexity index is 291. The van der Waals surface area contributed by atoms with Gasteiger partial charge < -0.3 is 4.74 Å². The number of hydrogen-bond acceptors (Lipinski definition) is 2. The van der Waals surface area contributed by atoms with Gasteiger partial charge in [-0.15, -0.1) is 0 Å². The number of rotatable bonds is 2. The Hall–Kier alpha value is -0.790. The fraction of sp³-hybridized carbons (Fsp3) is 0.769. The summed E-state index contributed by atoms with van der Waals surface area (Å²) in [4.78, 5) is 11.5. The molecule has 86 valence electrons. The zero-order chi connectivity index (χ0) is 11.9. The molecule has 0 spiro atoms. The highest BCUT2D eigenvalue weighted by molar-refractivity contribution is 5.87. The van der Waals surface area contributed by atoms with Crippen LogP contribution in [-0.2, 0) is 9.53 Å². The van der Waals surface area contributed by atoms with Crippen molar-refractivity contribution >= 4 is 5.97 Å². The third kappa shape index (κ3) is 2.61. The Balaban J connectivity index is 2.76. The van der Waals surface area contributed by atoms with Crippen LogP contribution in [0.15, 0.2) is 12.2 Å². The summed E-state index contributed by atoms with van der Waals surface area (Å²) in [5.74, 6) is 0.151. The lowest BCUT2D eigenvalue weighted by atomic mass is 9.90. The highest BCUT2D eigenvalue weighted by Crippen LogP contribution is 2.49. The van der Waals surface area contributed by atoms with Gasteiger partial charge in [0.15, 0.2) is 0 Å². The first-order valence-corrected chi connectivity index (χ1v) is 5.55. The van der Waals surface area contributed by atoms with Crippen LogP contribution in [0, 0.1) is 11.3 Å². The van der Waals surface area contributed by atoms with Gasteiger partial charge in [-0.2, -0.15) is 0 Å². The Labute approximate surface area is 92.7 Å². The fourth-order valence-electron chi connectivity index (χ4n) is 2.68. The van der Waals surface area contributed by atoms with Crippen molar-refractivity contribution in [1.29, 1.82) is 0 Å². The lowest BCUT2D eigenvalue weighted by Crippen LogP contribution is -2.35. The van der Waals surface area contributed by atoms with Crippen LogP contribution in [0.2, 0.25) is 0 Å². The molecule has 0 aromatic heterocycles. The second kappa shape index (κ2) is 3.66. The van der Waals surface area contributed by atoms with Gasteiger partial charge in [-0.1, -0.05) is 27.4 Å². The van der Waals surface area contributed by atoms with Gasteiger partial charge in [0.05, 0.1) is 0 Å². The lowest BCUT2D eigenvalue weighted by Gasteiger charge is -2.30. The molecule has 0 bridgehead atoms. The molecule has 2 atom stereocenters. The maximum absolute atomic E-state index is 11.5. The minimum absolute atomic E-state index is 0.262. The van der Waals surface area contributed by atoms with Gasteiger partial charge in [0.25, 0.3) is 0 Å². The number of carbonyl (C=O) groups excluding carboxylic acids is 1. The van der Waals surface area contributed by atoms with Gasteiger partial charge in [-0.05, 0) is 38.0 Å². The second-order valence-electron chi connectivity index (χ2n) is 5.93. The molecule has 0 heterocycles. The molecule has 0 N–H and O–H groups in total. The monoisotopic (exact) mass is 210 g/mol. The van der Waals surface area contributed by atoms with E-state index in [9.17, 15) is 4.79 Å². The summed E-state index contributed by atoms with van der Waals surface area (Å²) in [6.45, 7) is 13.9. The van der Waals surface area contributed by atoms with Crippen molar-refractivity contribution in [3.63, 3.8) is 0 Å². The summed E-state index contributed by atoms with van der Waals surface area (Å²) < 4.78 is 5.57. The van der Waals surface area contributed by atoms with Crippen molar-refractivity contribution in [3.8, 4) is 0 Å². The zero-order valence-electron chi connectivity index (χ0n) is 10.5. The van der Waals surface area contributed by atoms with E-state index in [0.717, 1.165) is 12.8 Å². The highest BCUT2D eigenvalue weighted by atomic mass is 16.6. The van der Waals surface area contributed by atoms with Gasteiger partial charge >= 0.3 is 5.97 Å². The Morgan fingerprint density at radius 3 is 2.27 bits per heavy atom. The third-order valence-electron chi connectivity index (χ3n) is 3.41. The van der Waals surface area contributed by atoms with Crippen LogP contribution < -0.4 is 0 Å². The molecule has 1 aliphatic rings. The van der Waals surface area contributed by atoms with Crippen LogP contribution in [0.25, 0.3) is 0 Å². The van der Waals surface area contributed by atoms with E-state index in [0.29, 0.717) is 11.5 Å².